The molecule has 2 aromatic carbocycles. The maximum absolute atomic E-state index is 13.0. The minimum absolute atomic E-state index is 0.0432. The lowest BCUT2D eigenvalue weighted by Gasteiger charge is -2.19. The van der Waals surface area contributed by atoms with Crippen molar-refractivity contribution in [1.29, 1.82) is 0 Å². The van der Waals surface area contributed by atoms with Crippen molar-refractivity contribution in [1.82, 2.24) is 0 Å². The molecule has 3 aromatic rings. The molecule has 0 bridgehead atoms. The first-order valence-corrected chi connectivity index (χ1v) is 9.20. The first kappa shape index (κ1) is 20.3. The van der Waals surface area contributed by atoms with Crippen molar-refractivity contribution in [2.24, 2.45) is 0 Å². The van der Waals surface area contributed by atoms with Crippen LogP contribution >= 0.6 is 0 Å². The van der Waals surface area contributed by atoms with Crippen molar-refractivity contribution in [3.05, 3.63) is 58.4 Å². The number of hydrogen-bond acceptors (Lipinski definition) is 9. The van der Waals surface area contributed by atoms with E-state index in [1.807, 2.05) is 0 Å². The molecule has 6 N–H and O–H groups in total. The van der Waals surface area contributed by atoms with Crippen LogP contribution in [0.3, 0.4) is 0 Å². The van der Waals surface area contributed by atoms with E-state index in [1.54, 1.807) is 12.1 Å². The standard InChI is InChI=1S/C21H20O9/c22-7-14(25)20-17(27)18(28)21(30-20)15-13(24)6-5-11-16(26)12(8-29-19(11)15)9-1-3-10(23)4-2-9/h1-6,8,14,17-18,20-25,27-28H,7H2/t14-,17-,18-,20-,21?/m1/s1. The SMILES string of the molecule is O=c1c(-c2ccc(O)cc2)coc2c(C3O[C@H]([C@H](O)CO)[C@H](O)[C@H]3O)c(O)ccc12. The molecule has 0 aliphatic carbocycles. The second-order valence-electron chi connectivity index (χ2n) is 7.15. The first-order valence-electron chi connectivity index (χ1n) is 9.20. The Hall–Kier alpha value is -2.95. The molecule has 1 aliphatic heterocycles. The largest absolute Gasteiger partial charge is 0.508 e. The van der Waals surface area contributed by atoms with Gasteiger partial charge in [-0.3, -0.25) is 4.79 Å². The number of ether oxygens (including phenoxy) is 1. The quantitative estimate of drug-likeness (QED) is 0.353. The lowest BCUT2D eigenvalue weighted by molar-refractivity contribution is -0.0822. The van der Waals surface area contributed by atoms with Crippen molar-refractivity contribution < 1.29 is 39.8 Å². The number of rotatable bonds is 4. The number of benzene rings is 2. The molecular formula is C21H20O9. The molecule has 0 spiro atoms. The summed E-state index contributed by atoms with van der Waals surface area (Å²) in [6.45, 7) is -0.701. The third kappa shape index (κ3) is 3.22. The molecular weight excluding hydrogens is 396 g/mol. The van der Waals surface area contributed by atoms with Crippen LogP contribution in [0.1, 0.15) is 11.7 Å². The molecule has 1 fully saturated rings. The summed E-state index contributed by atoms with van der Waals surface area (Å²) in [5.74, 6) is -0.292. The van der Waals surface area contributed by atoms with E-state index < -0.39 is 42.6 Å². The molecule has 1 saturated heterocycles. The highest BCUT2D eigenvalue weighted by atomic mass is 16.6. The van der Waals surface area contributed by atoms with Gasteiger partial charge in [-0.15, -0.1) is 0 Å². The summed E-state index contributed by atoms with van der Waals surface area (Å²) in [6, 6.07) is 8.57. The maximum atomic E-state index is 13.0. The second-order valence-corrected chi connectivity index (χ2v) is 7.15. The van der Waals surface area contributed by atoms with E-state index in [1.165, 1.54) is 30.5 Å². The Labute approximate surface area is 169 Å². The number of phenols is 2. The van der Waals surface area contributed by atoms with Gasteiger partial charge in [0.2, 0.25) is 5.43 Å². The van der Waals surface area contributed by atoms with Gasteiger partial charge in [-0.25, -0.2) is 0 Å². The lowest BCUT2D eigenvalue weighted by atomic mass is 9.96. The van der Waals surface area contributed by atoms with Crippen LogP contribution in [0, 0.1) is 0 Å². The van der Waals surface area contributed by atoms with Crippen LogP contribution < -0.4 is 5.43 Å². The molecule has 0 saturated carbocycles. The summed E-state index contributed by atoms with van der Waals surface area (Å²) in [5, 5.41) is 59.5. The monoisotopic (exact) mass is 416 g/mol. The topological polar surface area (TPSA) is 161 Å². The van der Waals surface area contributed by atoms with Crippen LogP contribution in [-0.4, -0.2) is 61.7 Å². The number of hydrogen-bond donors (Lipinski definition) is 6. The van der Waals surface area contributed by atoms with E-state index in [0.717, 1.165) is 0 Å². The normalized spacial score (nSPS) is 24.9. The summed E-state index contributed by atoms with van der Waals surface area (Å²) in [5.41, 5.74) is 0.222. The fourth-order valence-electron chi connectivity index (χ4n) is 3.69. The molecule has 9 heteroatoms. The predicted molar refractivity (Wildman–Crippen MR) is 104 cm³/mol. The van der Waals surface area contributed by atoms with Gasteiger partial charge < -0.3 is 39.8 Å². The molecule has 1 aliphatic rings. The van der Waals surface area contributed by atoms with Crippen LogP contribution in [-0.2, 0) is 4.74 Å². The highest BCUT2D eigenvalue weighted by Gasteiger charge is 2.48. The Morgan fingerprint density at radius 2 is 1.70 bits per heavy atom. The molecule has 2 heterocycles. The summed E-state index contributed by atoms with van der Waals surface area (Å²) >= 11 is 0. The average molecular weight is 416 g/mol. The number of aromatic hydroxyl groups is 2. The molecule has 4 rings (SSSR count). The zero-order valence-electron chi connectivity index (χ0n) is 15.5. The Morgan fingerprint density at radius 1 is 1.00 bits per heavy atom. The molecule has 0 radical (unpaired) electrons. The molecule has 158 valence electrons. The van der Waals surface area contributed by atoms with Crippen LogP contribution in [0.25, 0.3) is 22.1 Å². The van der Waals surface area contributed by atoms with E-state index in [0.29, 0.717) is 5.56 Å². The van der Waals surface area contributed by atoms with Gasteiger partial charge in [0.25, 0.3) is 0 Å². The van der Waals surface area contributed by atoms with Gasteiger partial charge in [-0.2, -0.15) is 0 Å². The molecule has 9 nitrogen and oxygen atoms in total. The molecule has 5 atom stereocenters. The highest BCUT2D eigenvalue weighted by Crippen LogP contribution is 2.42. The Kier molecular flexibility index (Phi) is 5.22. The third-order valence-corrected chi connectivity index (χ3v) is 5.29. The number of phenolic OH excluding ortho intramolecular Hbond substituents is 2. The van der Waals surface area contributed by atoms with Crippen molar-refractivity contribution in [2.75, 3.05) is 6.61 Å². The number of fused-ring (bicyclic) bond motifs is 1. The van der Waals surface area contributed by atoms with Crippen LogP contribution in [0.5, 0.6) is 11.5 Å². The van der Waals surface area contributed by atoms with Crippen LogP contribution in [0.2, 0.25) is 0 Å². The summed E-state index contributed by atoms with van der Waals surface area (Å²) < 4.78 is 11.2. The first-order chi connectivity index (χ1) is 14.3. The number of aliphatic hydroxyl groups is 4. The van der Waals surface area contributed by atoms with Gasteiger partial charge in [-0.05, 0) is 29.8 Å². The van der Waals surface area contributed by atoms with Gasteiger partial charge in [-0.1, -0.05) is 12.1 Å². The van der Waals surface area contributed by atoms with Crippen molar-refractivity contribution in [3.63, 3.8) is 0 Å². The zero-order valence-corrected chi connectivity index (χ0v) is 15.5. The van der Waals surface area contributed by atoms with Gasteiger partial charge in [0.1, 0.15) is 53.9 Å². The third-order valence-electron chi connectivity index (χ3n) is 5.29. The van der Waals surface area contributed by atoms with E-state index in [9.17, 15) is 30.3 Å². The smallest absolute Gasteiger partial charge is 0.200 e. The molecule has 0 amide bonds. The fraction of sp³-hybridized carbons (Fsp3) is 0.286. The van der Waals surface area contributed by atoms with Gasteiger partial charge in [0.05, 0.1) is 23.1 Å². The minimum Gasteiger partial charge on any atom is -0.508 e. The van der Waals surface area contributed by atoms with Gasteiger partial charge in [0.15, 0.2) is 0 Å². The average Bonchev–Trinajstić information content (AvgIpc) is 3.03. The van der Waals surface area contributed by atoms with E-state index >= 15 is 0 Å². The Morgan fingerprint density at radius 3 is 2.37 bits per heavy atom. The molecule has 1 aromatic heterocycles. The molecule has 1 unspecified atom stereocenters. The summed E-state index contributed by atoms with van der Waals surface area (Å²) in [6.07, 6.45) is -5.95. The fourth-order valence-corrected chi connectivity index (χ4v) is 3.69. The summed E-state index contributed by atoms with van der Waals surface area (Å²) in [7, 11) is 0. The Balaban J connectivity index is 1.84. The van der Waals surface area contributed by atoms with Gasteiger partial charge in [0, 0.05) is 0 Å². The molecule has 30 heavy (non-hydrogen) atoms. The minimum atomic E-state index is -1.55. The van der Waals surface area contributed by atoms with E-state index in [-0.39, 0.29) is 33.6 Å². The highest BCUT2D eigenvalue weighted by molar-refractivity contribution is 5.86. The van der Waals surface area contributed by atoms with Crippen LogP contribution in [0.15, 0.2) is 51.9 Å². The van der Waals surface area contributed by atoms with Crippen LogP contribution in [0.4, 0.5) is 0 Å². The predicted octanol–water partition coefficient (Wildman–Crippen LogP) is 0.386. The second kappa shape index (κ2) is 7.71. The van der Waals surface area contributed by atoms with Gasteiger partial charge >= 0.3 is 0 Å². The van der Waals surface area contributed by atoms with E-state index in [2.05, 4.69) is 0 Å². The van der Waals surface area contributed by atoms with Crippen molar-refractivity contribution in [2.45, 2.75) is 30.5 Å². The maximum Gasteiger partial charge on any atom is 0.200 e. The summed E-state index contributed by atoms with van der Waals surface area (Å²) in [4.78, 5) is 13.0. The van der Waals surface area contributed by atoms with E-state index in [4.69, 9.17) is 14.3 Å². The van der Waals surface area contributed by atoms with Crippen molar-refractivity contribution in [3.8, 4) is 22.6 Å². The number of aliphatic hydroxyl groups excluding tert-OH is 4. The van der Waals surface area contributed by atoms with Crippen molar-refractivity contribution >= 4 is 11.0 Å². The lowest BCUT2D eigenvalue weighted by Crippen LogP contribution is -2.40. The zero-order chi connectivity index (χ0) is 21.6. The Bertz CT molecular complexity index is 1120.